The van der Waals surface area contributed by atoms with E-state index in [9.17, 15) is 9.59 Å². The van der Waals surface area contributed by atoms with Crippen LogP contribution in [0.5, 0.6) is 0 Å². The number of nitrogens with one attached hydrogen (secondary N) is 2. The van der Waals surface area contributed by atoms with E-state index in [-0.39, 0.29) is 18.2 Å². The van der Waals surface area contributed by atoms with Crippen LogP contribution in [0.25, 0.3) is 0 Å². The summed E-state index contributed by atoms with van der Waals surface area (Å²) in [6.07, 6.45) is -0.208. The third kappa shape index (κ3) is 4.68. The van der Waals surface area contributed by atoms with Gasteiger partial charge in [-0.2, -0.15) is 0 Å². The Kier molecular flexibility index (Phi) is 5.16. The van der Waals surface area contributed by atoms with E-state index in [1.165, 1.54) is 0 Å². The van der Waals surface area contributed by atoms with Crippen molar-refractivity contribution in [3.05, 3.63) is 58.7 Å². The standard InChI is InChI=1S/C19H22N2O2/c1-12-6-5-7-16(10-12)20-17(22)11-18(23)21-19-14(3)8-13(2)9-15(19)4/h5-10H,11H2,1-4H3,(H,20,22)(H,21,23). The number of aryl methyl sites for hydroxylation is 4. The Labute approximate surface area is 136 Å². The molecule has 2 aromatic rings. The predicted molar refractivity (Wildman–Crippen MR) is 93.7 cm³/mol. The Morgan fingerprint density at radius 3 is 2.04 bits per heavy atom. The number of amides is 2. The maximum atomic E-state index is 12.1. The SMILES string of the molecule is Cc1cccc(NC(=O)CC(=O)Nc2c(C)cc(C)cc2C)c1. The Bertz CT molecular complexity index is 728. The summed E-state index contributed by atoms with van der Waals surface area (Å²) in [5.74, 6) is -0.638. The maximum absolute atomic E-state index is 12.1. The van der Waals surface area contributed by atoms with Crippen molar-refractivity contribution in [3.63, 3.8) is 0 Å². The summed E-state index contributed by atoms with van der Waals surface area (Å²) in [4.78, 5) is 24.1. The highest BCUT2D eigenvalue weighted by atomic mass is 16.2. The first kappa shape index (κ1) is 16.7. The summed E-state index contributed by atoms with van der Waals surface area (Å²) in [7, 11) is 0. The van der Waals surface area contributed by atoms with Crippen molar-refractivity contribution >= 4 is 23.2 Å². The number of rotatable bonds is 4. The first-order valence-electron chi connectivity index (χ1n) is 7.59. The summed E-state index contributed by atoms with van der Waals surface area (Å²) in [6.45, 7) is 7.86. The van der Waals surface area contributed by atoms with E-state index in [4.69, 9.17) is 0 Å². The van der Waals surface area contributed by atoms with Crippen LogP contribution in [-0.4, -0.2) is 11.8 Å². The van der Waals surface area contributed by atoms with Crippen molar-refractivity contribution in [2.75, 3.05) is 10.6 Å². The van der Waals surface area contributed by atoms with Gasteiger partial charge in [0, 0.05) is 11.4 Å². The molecule has 0 saturated heterocycles. The summed E-state index contributed by atoms with van der Waals surface area (Å²) >= 11 is 0. The van der Waals surface area contributed by atoms with Crippen molar-refractivity contribution < 1.29 is 9.59 Å². The smallest absolute Gasteiger partial charge is 0.233 e. The van der Waals surface area contributed by atoms with E-state index < -0.39 is 0 Å². The van der Waals surface area contributed by atoms with Gasteiger partial charge in [-0.05, 0) is 56.5 Å². The van der Waals surface area contributed by atoms with Crippen LogP contribution < -0.4 is 10.6 Å². The number of anilines is 2. The van der Waals surface area contributed by atoms with Gasteiger partial charge >= 0.3 is 0 Å². The number of benzene rings is 2. The molecule has 0 heterocycles. The van der Waals surface area contributed by atoms with Crippen LogP contribution in [0.4, 0.5) is 11.4 Å². The Morgan fingerprint density at radius 1 is 0.826 bits per heavy atom. The van der Waals surface area contributed by atoms with Gasteiger partial charge in [0.25, 0.3) is 0 Å². The number of hydrogen-bond donors (Lipinski definition) is 2. The van der Waals surface area contributed by atoms with Crippen molar-refractivity contribution in [1.82, 2.24) is 0 Å². The highest BCUT2D eigenvalue weighted by Crippen LogP contribution is 2.22. The average Bonchev–Trinajstić information content (AvgIpc) is 2.42. The molecule has 2 rings (SSSR count). The van der Waals surface area contributed by atoms with Crippen LogP contribution in [0.15, 0.2) is 36.4 Å². The molecule has 0 radical (unpaired) electrons. The average molecular weight is 310 g/mol. The van der Waals surface area contributed by atoms with Crippen molar-refractivity contribution in [1.29, 1.82) is 0 Å². The highest BCUT2D eigenvalue weighted by Gasteiger charge is 2.12. The van der Waals surface area contributed by atoms with Crippen LogP contribution in [0, 0.1) is 27.7 Å². The van der Waals surface area contributed by atoms with E-state index in [2.05, 4.69) is 10.6 Å². The van der Waals surface area contributed by atoms with Crippen LogP contribution >= 0.6 is 0 Å². The minimum Gasteiger partial charge on any atom is -0.326 e. The first-order valence-corrected chi connectivity index (χ1v) is 7.59. The van der Waals surface area contributed by atoms with Crippen LogP contribution in [-0.2, 0) is 9.59 Å². The van der Waals surface area contributed by atoms with Crippen molar-refractivity contribution in [2.45, 2.75) is 34.1 Å². The lowest BCUT2D eigenvalue weighted by Crippen LogP contribution is -2.22. The third-order valence-electron chi connectivity index (χ3n) is 3.56. The Morgan fingerprint density at radius 2 is 1.43 bits per heavy atom. The van der Waals surface area contributed by atoms with Gasteiger partial charge in [0.2, 0.25) is 11.8 Å². The van der Waals surface area contributed by atoms with Crippen LogP contribution in [0.2, 0.25) is 0 Å². The predicted octanol–water partition coefficient (Wildman–Crippen LogP) is 3.89. The van der Waals surface area contributed by atoms with Gasteiger partial charge in [0.15, 0.2) is 0 Å². The zero-order valence-corrected chi connectivity index (χ0v) is 14.0. The molecule has 0 aromatic heterocycles. The lowest BCUT2D eigenvalue weighted by Gasteiger charge is -2.13. The van der Waals surface area contributed by atoms with E-state index in [0.717, 1.165) is 27.9 Å². The van der Waals surface area contributed by atoms with E-state index in [1.54, 1.807) is 6.07 Å². The minimum atomic E-state index is -0.324. The molecule has 4 heteroatoms. The summed E-state index contributed by atoms with van der Waals surface area (Å²) in [5.41, 5.74) is 5.67. The van der Waals surface area contributed by atoms with Crippen molar-refractivity contribution in [2.24, 2.45) is 0 Å². The summed E-state index contributed by atoms with van der Waals surface area (Å²) in [5, 5.41) is 5.57. The van der Waals surface area contributed by atoms with Gasteiger partial charge in [0.05, 0.1) is 0 Å². The molecule has 2 aromatic carbocycles. The fourth-order valence-corrected chi connectivity index (χ4v) is 2.63. The highest BCUT2D eigenvalue weighted by molar-refractivity contribution is 6.08. The van der Waals surface area contributed by atoms with Crippen LogP contribution in [0.1, 0.15) is 28.7 Å². The molecule has 0 aliphatic heterocycles. The first-order chi connectivity index (χ1) is 10.8. The number of hydrogen-bond acceptors (Lipinski definition) is 2. The zero-order valence-electron chi connectivity index (χ0n) is 14.0. The second-order valence-corrected chi connectivity index (χ2v) is 5.92. The van der Waals surface area contributed by atoms with Gasteiger partial charge in [-0.3, -0.25) is 9.59 Å². The molecule has 0 aliphatic rings. The maximum Gasteiger partial charge on any atom is 0.233 e. The third-order valence-corrected chi connectivity index (χ3v) is 3.56. The topological polar surface area (TPSA) is 58.2 Å². The molecule has 23 heavy (non-hydrogen) atoms. The zero-order chi connectivity index (χ0) is 17.0. The van der Waals surface area contributed by atoms with Crippen LogP contribution in [0.3, 0.4) is 0 Å². The molecular weight excluding hydrogens is 288 g/mol. The molecular formula is C19H22N2O2. The summed E-state index contributed by atoms with van der Waals surface area (Å²) in [6, 6.07) is 11.5. The Hall–Kier alpha value is -2.62. The molecule has 0 saturated carbocycles. The van der Waals surface area contributed by atoms with Gasteiger partial charge in [0.1, 0.15) is 6.42 Å². The minimum absolute atomic E-state index is 0.208. The fraction of sp³-hybridized carbons (Fsp3) is 0.263. The lowest BCUT2D eigenvalue weighted by molar-refractivity contribution is -0.123. The molecule has 0 atom stereocenters. The quantitative estimate of drug-likeness (QED) is 0.842. The molecule has 0 unspecified atom stereocenters. The molecule has 0 bridgehead atoms. The second-order valence-electron chi connectivity index (χ2n) is 5.92. The summed E-state index contributed by atoms with van der Waals surface area (Å²) < 4.78 is 0. The van der Waals surface area contributed by atoms with Gasteiger partial charge in [-0.15, -0.1) is 0 Å². The molecule has 0 fully saturated rings. The van der Waals surface area contributed by atoms with E-state index in [1.807, 2.05) is 58.0 Å². The Balaban J connectivity index is 1.98. The number of carbonyl (C=O) groups is 2. The molecule has 2 N–H and O–H groups in total. The van der Waals surface area contributed by atoms with E-state index in [0.29, 0.717) is 5.69 Å². The van der Waals surface area contributed by atoms with Gasteiger partial charge in [-0.1, -0.05) is 29.8 Å². The van der Waals surface area contributed by atoms with Crippen molar-refractivity contribution in [3.8, 4) is 0 Å². The molecule has 0 spiro atoms. The van der Waals surface area contributed by atoms with E-state index >= 15 is 0 Å². The second kappa shape index (κ2) is 7.09. The monoisotopic (exact) mass is 310 g/mol. The molecule has 2 amide bonds. The molecule has 0 aliphatic carbocycles. The molecule has 120 valence electrons. The number of carbonyl (C=O) groups excluding carboxylic acids is 2. The largest absolute Gasteiger partial charge is 0.326 e. The normalized spacial score (nSPS) is 10.3. The van der Waals surface area contributed by atoms with Gasteiger partial charge < -0.3 is 10.6 Å². The lowest BCUT2D eigenvalue weighted by atomic mass is 10.0. The molecule has 4 nitrogen and oxygen atoms in total. The van der Waals surface area contributed by atoms with Gasteiger partial charge in [-0.25, -0.2) is 0 Å². The fourth-order valence-electron chi connectivity index (χ4n) is 2.63.